The summed E-state index contributed by atoms with van der Waals surface area (Å²) in [5.41, 5.74) is 4.39. The molecular weight excluding hydrogens is 525 g/mol. The van der Waals surface area contributed by atoms with Gasteiger partial charge in [0.25, 0.3) is 5.91 Å². The van der Waals surface area contributed by atoms with Crippen molar-refractivity contribution in [3.63, 3.8) is 0 Å². The Labute approximate surface area is 237 Å². The van der Waals surface area contributed by atoms with Gasteiger partial charge in [-0.15, -0.1) is 5.10 Å². The van der Waals surface area contributed by atoms with Crippen LogP contribution in [-0.2, 0) is 10.5 Å². The average molecular weight is 558 g/mol. The molecule has 0 saturated carbocycles. The Morgan fingerprint density at radius 2 is 1.93 bits per heavy atom. The van der Waals surface area contributed by atoms with Crippen LogP contribution in [0.1, 0.15) is 49.4 Å². The Hall–Kier alpha value is -4.11. The van der Waals surface area contributed by atoms with Crippen LogP contribution >= 0.6 is 11.8 Å². The normalized spacial score (nSPS) is 14.4. The predicted octanol–water partition coefficient (Wildman–Crippen LogP) is 7.12. The summed E-state index contributed by atoms with van der Waals surface area (Å²) < 4.78 is 21.9. The number of aromatic nitrogens is 3. The molecule has 1 aliphatic rings. The third-order valence-electron chi connectivity index (χ3n) is 6.61. The zero-order valence-corrected chi connectivity index (χ0v) is 23.6. The van der Waals surface area contributed by atoms with Crippen molar-refractivity contribution < 1.29 is 13.9 Å². The first-order valence-corrected chi connectivity index (χ1v) is 14.3. The molecule has 0 spiro atoms. The number of amides is 1. The number of carbonyl (C=O) groups is 1. The van der Waals surface area contributed by atoms with Crippen LogP contribution in [0.25, 0.3) is 0 Å². The zero-order valence-electron chi connectivity index (χ0n) is 22.8. The lowest BCUT2D eigenvalue weighted by Gasteiger charge is -2.29. The molecule has 1 aliphatic heterocycles. The van der Waals surface area contributed by atoms with Crippen molar-refractivity contribution in [2.75, 3.05) is 17.2 Å². The molecule has 1 unspecified atom stereocenters. The highest BCUT2D eigenvalue weighted by atomic mass is 32.2. The van der Waals surface area contributed by atoms with Gasteiger partial charge in [-0.25, -0.2) is 9.07 Å². The largest absolute Gasteiger partial charge is 0.494 e. The third-order valence-corrected chi connectivity index (χ3v) is 7.50. The number of hydrogen-bond donors (Lipinski definition) is 2. The van der Waals surface area contributed by atoms with E-state index in [1.54, 1.807) is 16.8 Å². The quantitative estimate of drug-likeness (QED) is 0.160. The highest BCUT2D eigenvalue weighted by molar-refractivity contribution is 7.98. The van der Waals surface area contributed by atoms with Crippen molar-refractivity contribution in [2.24, 2.45) is 0 Å². The molecule has 0 saturated heterocycles. The number of ether oxygens (including phenoxy) is 1. The molecule has 4 aromatic rings. The Morgan fingerprint density at radius 3 is 2.73 bits per heavy atom. The second-order valence-electron chi connectivity index (χ2n) is 9.71. The highest BCUT2D eigenvalue weighted by Crippen LogP contribution is 2.38. The van der Waals surface area contributed by atoms with Gasteiger partial charge in [-0.05, 0) is 67.3 Å². The van der Waals surface area contributed by atoms with Crippen LogP contribution in [0, 0.1) is 12.7 Å². The Kier molecular flexibility index (Phi) is 8.50. The molecule has 206 valence electrons. The van der Waals surface area contributed by atoms with Crippen molar-refractivity contribution >= 4 is 29.3 Å². The Bertz CT molecular complexity index is 1550. The number of halogens is 1. The summed E-state index contributed by atoms with van der Waals surface area (Å²) in [4.78, 5) is 18.5. The summed E-state index contributed by atoms with van der Waals surface area (Å²) in [7, 11) is 0. The van der Waals surface area contributed by atoms with Crippen molar-refractivity contribution in [3.05, 3.63) is 107 Å². The van der Waals surface area contributed by atoms with Gasteiger partial charge in [-0.3, -0.25) is 4.79 Å². The van der Waals surface area contributed by atoms with Gasteiger partial charge < -0.3 is 15.4 Å². The number of rotatable bonds is 10. The molecule has 1 amide bonds. The molecule has 0 bridgehead atoms. The van der Waals surface area contributed by atoms with E-state index in [2.05, 4.69) is 22.5 Å². The van der Waals surface area contributed by atoms with Crippen LogP contribution < -0.4 is 15.4 Å². The number of nitrogens with one attached hydrogen (secondary N) is 2. The fourth-order valence-electron chi connectivity index (χ4n) is 4.58. The number of carbonyl (C=O) groups excluding carboxylic acids is 1. The standard InChI is InChI=1S/C31H32FN5O2S/c1-4-5-16-39-25-14-9-12-22(18-25)28-27(29(38)34-24-13-8-10-20(2)17-24)21(3)33-30-35-31(36-37(28)30)40-19-23-11-6-7-15-26(23)32/h6-15,17-18,28H,4-5,16,19H2,1-3H3,(H,34,38)(H,33,35,36). The molecular formula is C31H32FN5O2S. The van der Waals surface area contributed by atoms with Crippen LogP contribution in [-0.4, -0.2) is 27.3 Å². The highest BCUT2D eigenvalue weighted by Gasteiger charge is 2.34. The lowest BCUT2D eigenvalue weighted by Crippen LogP contribution is -2.31. The minimum absolute atomic E-state index is 0.236. The second kappa shape index (κ2) is 12.4. The van der Waals surface area contributed by atoms with E-state index in [0.29, 0.717) is 46.0 Å². The Balaban J connectivity index is 1.49. The van der Waals surface area contributed by atoms with Crippen LogP contribution in [0.5, 0.6) is 5.75 Å². The van der Waals surface area contributed by atoms with E-state index in [1.165, 1.54) is 17.8 Å². The number of nitrogens with zero attached hydrogens (tertiary/aromatic N) is 3. The van der Waals surface area contributed by atoms with E-state index < -0.39 is 6.04 Å². The van der Waals surface area contributed by atoms with E-state index in [4.69, 9.17) is 9.84 Å². The first kappa shape index (κ1) is 27.5. The molecule has 1 aromatic heterocycles. The van der Waals surface area contributed by atoms with Gasteiger partial charge in [0, 0.05) is 17.1 Å². The van der Waals surface area contributed by atoms with Gasteiger partial charge in [-0.1, -0.05) is 67.6 Å². The van der Waals surface area contributed by atoms with E-state index >= 15 is 0 Å². The van der Waals surface area contributed by atoms with Crippen LogP contribution in [0.2, 0.25) is 0 Å². The summed E-state index contributed by atoms with van der Waals surface area (Å²) in [6, 6.07) is 21.6. The topological polar surface area (TPSA) is 81.1 Å². The smallest absolute Gasteiger partial charge is 0.255 e. The van der Waals surface area contributed by atoms with Crippen molar-refractivity contribution in [1.82, 2.24) is 14.8 Å². The van der Waals surface area contributed by atoms with E-state index in [-0.39, 0.29) is 11.7 Å². The lowest BCUT2D eigenvalue weighted by atomic mass is 9.94. The van der Waals surface area contributed by atoms with Gasteiger partial charge in [0.2, 0.25) is 11.1 Å². The number of thioether (sulfide) groups is 1. The molecule has 0 radical (unpaired) electrons. The lowest BCUT2D eigenvalue weighted by molar-refractivity contribution is -0.113. The summed E-state index contributed by atoms with van der Waals surface area (Å²) in [5.74, 6) is 1.13. The zero-order chi connectivity index (χ0) is 28.1. The number of fused-ring (bicyclic) bond motifs is 1. The molecule has 5 rings (SSSR count). The molecule has 2 N–H and O–H groups in total. The molecule has 7 nitrogen and oxygen atoms in total. The molecule has 0 aliphatic carbocycles. The van der Waals surface area contributed by atoms with Crippen LogP contribution in [0.4, 0.5) is 16.0 Å². The fourth-order valence-corrected chi connectivity index (χ4v) is 5.40. The number of benzene rings is 3. The second-order valence-corrected chi connectivity index (χ2v) is 10.6. The summed E-state index contributed by atoms with van der Waals surface area (Å²) >= 11 is 1.34. The van der Waals surface area contributed by atoms with Gasteiger partial charge in [0.1, 0.15) is 17.6 Å². The minimum Gasteiger partial charge on any atom is -0.494 e. The average Bonchev–Trinajstić information content (AvgIpc) is 3.34. The molecule has 9 heteroatoms. The molecule has 1 atom stereocenters. The maximum Gasteiger partial charge on any atom is 0.255 e. The molecule has 2 heterocycles. The molecule has 40 heavy (non-hydrogen) atoms. The summed E-state index contributed by atoms with van der Waals surface area (Å²) in [6.07, 6.45) is 1.99. The van der Waals surface area contributed by atoms with Crippen molar-refractivity contribution in [1.29, 1.82) is 0 Å². The number of allylic oxidation sites excluding steroid dienone is 1. The first-order valence-electron chi connectivity index (χ1n) is 13.3. The maximum absolute atomic E-state index is 14.2. The predicted molar refractivity (Wildman–Crippen MR) is 157 cm³/mol. The Morgan fingerprint density at radius 1 is 1.10 bits per heavy atom. The first-order chi connectivity index (χ1) is 19.4. The SMILES string of the molecule is CCCCOc1cccc(C2C(C(=O)Nc3cccc(C)c3)=C(C)Nc3nc(SCc4ccccc4F)nn32)c1. The molecule has 0 fully saturated rings. The van der Waals surface area contributed by atoms with Gasteiger partial charge in [0.05, 0.1) is 12.2 Å². The van der Waals surface area contributed by atoms with E-state index in [1.807, 2.05) is 68.4 Å². The monoisotopic (exact) mass is 557 g/mol. The van der Waals surface area contributed by atoms with Crippen molar-refractivity contribution in [2.45, 2.75) is 50.6 Å². The third kappa shape index (κ3) is 6.20. The molecule has 3 aromatic carbocycles. The summed E-state index contributed by atoms with van der Waals surface area (Å²) in [6.45, 7) is 6.59. The number of hydrogen-bond acceptors (Lipinski definition) is 6. The number of anilines is 2. The van der Waals surface area contributed by atoms with E-state index in [9.17, 15) is 9.18 Å². The van der Waals surface area contributed by atoms with Crippen LogP contribution in [0.3, 0.4) is 0 Å². The summed E-state index contributed by atoms with van der Waals surface area (Å²) in [5, 5.41) is 11.6. The maximum atomic E-state index is 14.2. The minimum atomic E-state index is -0.550. The van der Waals surface area contributed by atoms with Crippen LogP contribution in [0.15, 0.2) is 89.2 Å². The fraction of sp³-hybridized carbons (Fsp3) is 0.258. The van der Waals surface area contributed by atoms with E-state index in [0.717, 1.165) is 29.7 Å². The van der Waals surface area contributed by atoms with Gasteiger partial charge in [0.15, 0.2) is 0 Å². The van der Waals surface area contributed by atoms with Gasteiger partial charge >= 0.3 is 0 Å². The van der Waals surface area contributed by atoms with Crippen molar-refractivity contribution in [3.8, 4) is 5.75 Å². The number of aryl methyl sites for hydroxylation is 1. The number of unbranched alkanes of at least 4 members (excludes halogenated alkanes) is 1. The van der Waals surface area contributed by atoms with Gasteiger partial charge in [-0.2, -0.15) is 4.98 Å².